The number of anilines is 9. The van der Waals surface area contributed by atoms with Gasteiger partial charge < -0.3 is 23.8 Å². The van der Waals surface area contributed by atoms with Crippen LogP contribution in [0.1, 0.15) is 133 Å². The molecule has 2 aromatic heterocycles. The zero-order chi connectivity index (χ0) is 82.7. The van der Waals surface area contributed by atoms with Crippen LogP contribution in [-0.4, -0.2) is 9.13 Å². The maximum atomic E-state index is 4.03. The van der Waals surface area contributed by atoms with Crippen LogP contribution in [0.25, 0.3) is 78.3 Å². The fourth-order valence-electron chi connectivity index (χ4n) is 24.8. The molecule has 17 aromatic rings. The highest BCUT2D eigenvalue weighted by Gasteiger charge is 2.60. The summed E-state index contributed by atoms with van der Waals surface area (Å²) in [6, 6.07) is 135. The molecule has 8 saturated carbocycles. The van der Waals surface area contributed by atoms with Gasteiger partial charge in [-0.05, 0) is 358 Å². The van der Waals surface area contributed by atoms with Crippen molar-refractivity contribution in [3.63, 3.8) is 0 Å². The summed E-state index contributed by atoms with van der Waals surface area (Å²) < 4.78 is 4.93. The third-order valence-corrected chi connectivity index (χ3v) is 29.7. The molecule has 5 heteroatoms. The van der Waals surface area contributed by atoms with Gasteiger partial charge in [-0.2, -0.15) is 0 Å². The number of rotatable bonds is 18. The number of hydrogen-bond acceptors (Lipinski definition) is 3. The van der Waals surface area contributed by atoms with Crippen molar-refractivity contribution in [2.45, 2.75) is 126 Å². The van der Waals surface area contributed by atoms with Crippen molar-refractivity contribution >= 4 is 107 Å². The summed E-state index contributed by atoms with van der Waals surface area (Å²) in [7, 11) is 0. The summed E-state index contributed by atoms with van der Waals surface area (Å²) in [6.45, 7) is 16.7. The van der Waals surface area contributed by atoms with E-state index in [9.17, 15) is 0 Å². The number of nitrogens with zero attached hydrogens (tertiary/aromatic N) is 5. The zero-order valence-electron chi connectivity index (χ0n) is 71.2. The normalized spacial score (nSPS) is 21.5. The zero-order valence-corrected chi connectivity index (χ0v) is 71.2. The van der Waals surface area contributed by atoms with Gasteiger partial charge in [0.15, 0.2) is 0 Å². The predicted molar refractivity (Wildman–Crippen MR) is 519 cm³/mol. The van der Waals surface area contributed by atoms with Crippen molar-refractivity contribution < 1.29 is 0 Å². The van der Waals surface area contributed by atoms with Gasteiger partial charge in [0.2, 0.25) is 0 Å². The van der Waals surface area contributed by atoms with Gasteiger partial charge in [-0.3, -0.25) is 0 Å². The van der Waals surface area contributed by atoms with Gasteiger partial charge in [0.1, 0.15) is 0 Å². The van der Waals surface area contributed by atoms with E-state index in [1.165, 1.54) is 182 Å². The molecule has 8 aliphatic carbocycles. The van der Waals surface area contributed by atoms with Gasteiger partial charge in [-0.15, -0.1) is 0 Å². The van der Waals surface area contributed by atoms with Gasteiger partial charge in [0, 0.05) is 84.1 Å². The summed E-state index contributed by atoms with van der Waals surface area (Å²) in [5.41, 5.74) is 34.6. The Bertz CT molecular complexity index is 6510. The monoisotopic (exact) mass is 1590 g/mol. The standard InChI is InChI=1S/C64H59N3.C54H46N2/c1-6-47-15-17-50(18-16-47)63-38-48-35-49(39-63)41-64(40-48,42-63)51-19-29-56(30-20-51)67-61-33-31-57(65(52-21-7-43(2)8-22-52)53-23-9-44(3)10-24-53)36-59(61)60-37-58(32-34-62(60)67)66(54-25-11-45(4)12-26-54)55-27-13-46(5)14-28-55;1-2-38-18-23-43(24-19-38)53-33-39-30-40(34-53)36-54(35-39,37-53)44-25-20-41(21-26-44)42-22-28-51-49(31-42)50-32-48(27-29-52(50)56(51)47-16-10-5-11-17-47)55(45-12-6-3-7-13-45)46-14-8-4-9-15-46/h6-34,36-37,48-49H,1,35,38-42H2,2-5H3;2-29,31-32,39-40H,1,30,33-37H2. The molecule has 4 unspecified atom stereocenters. The smallest absolute Gasteiger partial charge is 0.0542 e. The van der Waals surface area contributed by atoms with E-state index in [1.807, 2.05) is 12.2 Å². The topological polar surface area (TPSA) is 19.6 Å². The second-order valence-electron chi connectivity index (χ2n) is 37.7. The molecule has 0 N–H and O–H groups in total. The maximum absolute atomic E-state index is 4.03. The minimum Gasteiger partial charge on any atom is -0.310 e. The molecule has 0 radical (unpaired) electrons. The Morgan fingerprint density at radius 1 is 0.252 bits per heavy atom. The average molecular weight is 1590 g/mol. The number of para-hydroxylation sites is 3. The van der Waals surface area contributed by atoms with E-state index in [0.29, 0.717) is 5.41 Å². The lowest BCUT2D eigenvalue weighted by Crippen LogP contribution is -2.55. The Kier molecular flexibility index (Phi) is 18.8. The molecule has 0 aliphatic heterocycles. The molecule has 602 valence electrons. The third kappa shape index (κ3) is 13.5. The van der Waals surface area contributed by atoms with Gasteiger partial charge >= 0.3 is 0 Å². The minimum atomic E-state index is 0.217. The van der Waals surface area contributed by atoms with Crippen molar-refractivity contribution in [2.75, 3.05) is 14.7 Å². The van der Waals surface area contributed by atoms with E-state index in [0.717, 1.165) is 74.9 Å². The first-order chi connectivity index (χ1) is 60.2. The van der Waals surface area contributed by atoms with Crippen molar-refractivity contribution in [2.24, 2.45) is 23.7 Å². The van der Waals surface area contributed by atoms with Gasteiger partial charge in [-0.1, -0.05) is 242 Å². The van der Waals surface area contributed by atoms with Crippen LogP contribution >= 0.6 is 0 Å². The first-order valence-electron chi connectivity index (χ1n) is 44.9. The molecule has 4 atom stereocenters. The molecule has 8 fully saturated rings. The molecule has 0 amide bonds. The van der Waals surface area contributed by atoms with E-state index in [2.05, 4.69) is 423 Å². The molecular weight excluding hydrogens is 1490 g/mol. The fourth-order valence-corrected chi connectivity index (χ4v) is 24.8. The Morgan fingerprint density at radius 3 is 0.821 bits per heavy atom. The summed E-state index contributed by atoms with van der Waals surface area (Å²) in [6.07, 6.45) is 19.9. The highest BCUT2D eigenvalue weighted by Crippen LogP contribution is 2.68. The van der Waals surface area contributed by atoms with Crippen LogP contribution < -0.4 is 14.7 Å². The molecule has 8 bridgehead atoms. The van der Waals surface area contributed by atoms with Crippen LogP contribution in [0.3, 0.4) is 0 Å². The van der Waals surface area contributed by atoms with Crippen LogP contribution in [0.4, 0.5) is 51.2 Å². The molecule has 123 heavy (non-hydrogen) atoms. The SMILES string of the molecule is C=Cc1ccc(C23CC4CC(C2)CC(c2ccc(-c5ccc6c(c5)c5cc(N(c7ccccc7)c7ccccc7)ccc5n6-c5ccccc5)cc2)(C4)C3)cc1.C=Cc1ccc(C23CC4CC(C2)CC(c2ccc(-n5c6ccc(N(c7ccc(C)cc7)c7ccc(C)cc7)cc6c6cc(N(c7ccc(C)cc7)c7ccc(C)cc7)ccc65)cc2)(C4)C3)cc1. The Labute approximate surface area is 725 Å². The molecule has 0 saturated heterocycles. The maximum Gasteiger partial charge on any atom is 0.0542 e. The largest absolute Gasteiger partial charge is 0.310 e. The predicted octanol–water partition coefficient (Wildman–Crippen LogP) is 31.7. The van der Waals surface area contributed by atoms with E-state index < -0.39 is 0 Å². The van der Waals surface area contributed by atoms with Crippen LogP contribution in [0.15, 0.2) is 371 Å². The van der Waals surface area contributed by atoms with Crippen molar-refractivity contribution in [3.05, 3.63) is 427 Å². The van der Waals surface area contributed by atoms with E-state index in [-0.39, 0.29) is 16.2 Å². The number of aryl methyl sites for hydroxylation is 4. The van der Waals surface area contributed by atoms with E-state index >= 15 is 0 Å². The second kappa shape index (κ2) is 30.4. The molecule has 15 aromatic carbocycles. The molecule has 5 nitrogen and oxygen atoms in total. The van der Waals surface area contributed by atoms with E-state index in [4.69, 9.17) is 0 Å². The summed E-state index contributed by atoms with van der Waals surface area (Å²) >= 11 is 0. The van der Waals surface area contributed by atoms with Gasteiger partial charge in [0.05, 0.1) is 22.1 Å². The quantitative estimate of drug-likeness (QED) is 0.0854. The Morgan fingerprint density at radius 2 is 0.504 bits per heavy atom. The van der Waals surface area contributed by atoms with E-state index in [1.54, 1.807) is 16.7 Å². The van der Waals surface area contributed by atoms with Crippen LogP contribution in [0, 0.1) is 51.4 Å². The van der Waals surface area contributed by atoms with Crippen molar-refractivity contribution in [1.29, 1.82) is 0 Å². The lowest BCUT2D eigenvalue weighted by atomic mass is 9.41. The highest BCUT2D eigenvalue weighted by molar-refractivity contribution is 6.13. The number of hydrogen-bond donors (Lipinski definition) is 0. The van der Waals surface area contributed by atoms with Crippen molar-refractivity contribution in [1.82, 2.24) is 9.13 Å². The lowest BCUT2D eigenvalue weighted by molar-refractivity contribution is -0.0283. The second-order valence-corrected chi connectivity index (χ2v) is 37.7. The first-order valence-corrected chi connectivity index (χ1v) is 44.9. The molecular formula is C118H105N5. The third-order valence-electron chi connectivity index (χ3n) is 29.7. The summed E-state index contributed by atoms with van der Waals surface area (Å²) in [5, 5.41) is 4.96. The van der Waals surface area contributed by atoms with Gasteiger partial charge in [0.25, 0.3) is 0 Å². The Hall–Kier alpha value is -13.2. The summed E-state index contributed by atoms with van der Waals surface area (Å²) in [5.74, 6) is 3.23. The fraction of sp³-hybridized carbons (Fsp3) is 0.203. The van der Waals surface area contributed by atoms with Crippen LogP contribution in [-0.2, 0) is 21.7 Å². The Balaban J connectivity index is 0.000000149. The lowest BCUT2D eigenvalue weighted by Gasteiger charge is -2.63. The number of benzene rings is 15. The summed E-state index contributed by atoms with van der Waals surface area (Å²) in [4.78, 5) is 7.16. The molecule has 2 heterocycles. The highest BCUT2D eigenvalue weighted by atomic mass is 15.2. The molecule has 0 spiro atoms. The molecule has 25 rings (SSSR count). The number of aromatic nitrogens is 2. The minimum absolute atomic E-state index is 0.217. The average Bonchev–Trinajstić information content (AvgIpc) is 1.54. The first kappa shape index (κ1) is 76.0. The van der Waals surface area contributed by atoms with Gasteiger partial charge in [-0.25, -0.2) is 0 Å². The van der Waals surface area contributed by atoms with Crippen LogP contribution in [0.5, 0.6) is 0 Å². The van der Waals surface area contributed by atoms with Crippen LogP contribution in [0.2, 0.25) is 0 Å². The molecule has 8 aliphatic rings. The number of fused-ring (bicyclic) bond motifs is 6. The van der Waals surface area contributed by atoms with Crippen molar-refractivity contribution in [3.8, 4) is 22.5 Å².